The van der Waals surface area contributed by atoms with Crippen LogP contribution < -0.4 is 14.8 Å². The van der Waals surface area contributed by atoms with E-state index < -0.39 is 11.5 Å². The molecule has 1 aromatic carbocycles. The number of ether oxygens (including phenoxy) is 3. The zero-order chi connectivity index (χ0) is 16.3. The lowest BCUT2D eigenvalue weighted by Gasteiger charge is -2.37. The van der Waals surface area contributed by atoms with Crippen molar-refractivity contribution in [2.75, 3.05) is 26.4 Å². The quantitative estimate of drug-likeness (QED) is 0.866. The minimum Gasteiger partial charge on any atom is -0.486 e. The van der Waals surface area contributed by atoms with Crippen LogP contribution in [0.3, 0.4) is 0 Å². The van der Waals surface area contributed by atoms with E-state index in [9.17, 15) is 9.59 Å². The van der Waals surface area contributed by atoms with Crippen LogP contribution in [-0.4, -0.2) is 48.9 Å². The molecule has 2 aliphatic rings. The molecule has 124 valence electrons. The standard InChI is InChI=1S/C16H19NO6/c18-13(19)10-16(4-6-21-7-5-16)17-15(20)11-2-1-3-12-14(11)23-9-8-22-12/h1-3H,4-10H2,(H,17,20)(H,18,19). The lowest BCUT2D eigenvalue weighted by molar-refractivity contribution is -0.139. The molecule has 1 amide bonds. The summed E-state index contributed by atoms with van der Waals surface area (Å²) in [7, 11) is 0. The average Bonchev–Trinajstić information content (AvgIpc) is 2.54. The number of aliphatic carboxylic acids is 1. The SMILES string of the molecule is O=C(O)CC1(NC(=O)c2cccc3c2OCCO3)CCOCC1. The molecule has 0 aromatic heterocycles. The van der Waals surface area contributed by atoms with Crippen LogP contribution in [0.1, 0.15) is 29.6 Å². The first-order valence-corrected chi connectivity index (χ1v) is 7.60. The fourth-order valence-electron chi connectivity index (χ4n) is 2.96. The van der Waals surface area contributed by atoms with E-state index in [4.69, 9.17) is 19.3 Å². The highest BCUT2D eigenvalue weighted by molar-refractivity contribution is 5.98. The van der Waals surface area contributed by atoms with E-state index >= 15 is 0 Å². The summed E-state index contributed by atoms with van der Waals surface area (Å²) in [5.74, 6) is -0.352. The maximum atomic E-state index is 12.7. The Bertz CT molecular complexity index is 609. The minimum atomic E-state index is -0.943. The first-order chi connectivity index (χ1) is 11.1. The Morgan fingerprint density at radius 3 is 2.61 bits per heavy atom. The van der Waals surface area contributed by atoms with Gasteiger partial charge in [-0.15, -0.1) is 0 Å². The topological polar surface area (TPSA) is 94.1 Å². The number of carboxylic acid groups (broad SMARTS) is 1. The second-order valence-corrected chi connectivity index (χ2v) is 5.75. The number of hydrogen-bond donors (Lipinski definition) is 2. The number of rotatable bonds is 4. The number of carbonyl (C=O) groups excluding carboxylic acids is 1. The predicted octanol–water partition coefficient (Wildman–Crippen LogP) is 1.21. The molecule has 1 saturated heterocycles. The summed E-state index contributed by atoms with van der Waals surface area (Å²) in [4.78, 5) is 23.9. The van der Waals surface area contributed by atoms with Gasteiger partial charge in [0, 0.05) is 13.2 Å². The van der Waals surface area contributed by atoms with Gasteiger partial charge >= 0.3 is 5.97 Å². The van der Waals surface area contributed by atoms with Crippen molar-refractivity contribution in [1.82, 2.24) is 5.32 Å². The summed E-state index contributed by atoms with van der Waals surface area (Å²) in [5, 5.41) is 12.1. The Hall–Kier alpha value is -2.28. The van der Waals surface area contributed by atoms with Gasteiger partial charge in [-0.05, 0) is 25.0 Å². The van der Waals surface area contributed by atoms with Crippen LogP contribution in [0.15, 0.2) is 18.2 Å². The van der Waals surface area contributed by atoms with Crippen LogP contribution in [0.2, 0.25) is 0 Å². The molecule has 1 aromatic rings. The van der Waals surface area contributed by atoms with E-state index in [1.807, 2.05) is 0 Å². The first-order valence-electron chi connectivity index (χ1n) is 7.60. The highest BCUT2D eigenvalue weighted by atomic mass is 16.6. The number of hydrogen-bond acceptors (Lipinski definition) is 5. The first kappa shape index (κ1) is 15.6. The molecule has 0 saturated carbocycles. The van der Waals surface area contributed by atoms with Crippen molar-refractivity contribution >= 4 is 11.9 Å². The Morgan fingerprint density at radius 2 is 1.87 bits per heavy atom. The monoisotopic (exact) mass is 321 g/mol. The second-order valence-electron chi connectivity index (χ2n) is 5.75. The van der Waals surface area contributed by atoms with E-state index in [0.29, 0.717) is 56.3 Å². The smallest absolute Gasteiger partial charge is 0.305 e. The van der Waals surface area contributed by atoms with Crippen molar-refractivity contribution in [2.24, 2.45) is 0 Å². The van der Waals surface area contributed by atoms with Gasteiger partial charge in [-0.25, -0.2) is 0 Å². The molecule has 7 heteroatoms. The lowest BCUT2D eigenvalue weighted by atomic mass is 9.86. The molecule has 0 spiro atoms. The molecule has 0 atom stereocenters. The Kier molecular flexibility index (Phi) is 4.38. The van der Waals surface area contributed by atoms with Gasteiger partial charge in [-0.1, -0.05) is 6.07 Å². The minimum absolute atomic E-state index is 0.130. The van der Waals surface area contributed by atoms with E-state index in [0.717, 1.165) is 0 Å². The number of nitrogens with one attached hydrogen (secondary N) is 1. The van der Waals surface area contributed by atoms with Gasteiger partial charge in [0.05, 0.1) is 17.5 Å². The van der Waals surface area contributed by atoms with Gasteiger partial charge in [0.2, 0.25) is 0 Å². The summed E-state index contributed by atoms with van der Waals surface area (Å²) in [5.41, 5.74) is -0.433. The van der Waals surface area contributed by atoms with Crippen LogP contribution >= 0.6 is 0 Å². The summed E-state index contributed by atoms with van der Waals surface area (Å²) < 4.78 is 16.3. The number of fused-ring (bicyclic) bond motifs is 1. The van der Waals surface area contributed by atoms with Crippen molar-refractivity contribution in [1.29, 1.82) is 0 Å². The normalized spacial score (nSPS) is 19.0. The number of carbonyl (C=O) groups is 2. The summed E-state index contributed by atoms with van der Waals surface area (Å²) in [6.07, 6.45) is 0.809. The average molecular weight is 321 g/mol. The molecule has 7 nitrogen and oxygen atoms in total. The molecule has 2 aliphatic heterocycles. The Balaban J connectivity index is 1.83. The molecule has 3 rings (SSSR count). The largest absolute Gasteiger partial charge is 0.486 e. The van der Waals surface area contributed by atoms with Crippen LogP contribution in [0.25, 0.3) is 0 Å². The zero-order valence-electron chi connectivity index (χ0n) is 12.7. The van der Waals surface area contributed by atoms with Crippen LogP contribution in [0, 0.1) is 0 Å². The van der Waals surface area contributed by atoms with Crippen LogP contribution in [0.4, 0.5) is 0 Å². The third-order valence-corrected chi connectivity index (χ3v) is 4.13. The second kappa shape index (κ2) is 6.45. The van der Waals surface area contributed by atoms with Crippen molar-refractivity contribution < 1.29 is 28.9 Å². The van der Waals surface area contributed by atoms with Gasteiger partial charge in [0.1, 0.15) is 13.2 Å². The molecule has 0 radical (unpaired) electrons. The van der Waals surface area contributed by atoms with E-state index in [1.165, 1.54) is 0 Å². The number of carboxylic acids is 1. The fraction of sp³-hybridized carbons (Fsp3) is 0.500. The number of benzene rings is 1. The maximum absolute atomic E-state index is 12.7. The maximum Gasteiger partial charge on any atom is 0.305 e. The molecule has 0 bridgehead atoms. The van der Waals surface area contributed by atoms with Crippen LogP contribution in [0.5, 0.6) is 11.5 Å². The van der Waals surface area contributed by atoms with Gasteiger partial charge in [0.25, 0.3) is 5.91 Å². The van der Waals surface area contributed by atoms with Crippen molar-refractivity contribution in [3.05, 3.63) is 23.8 Å². The Morgan fingerprint density at radius 1 is 1.13 bits per heavy atom. The molecule has 2 heterocycles. The molecule has 23 heavy (non-hydrogen) atoms. The summed E-state index contributed by atoms with van der Waals surface area (Å²) >= 11 is 0. The number of amides is 1. The highest BCUT2D eigenvalue weighted by Gasteiger charge is 2.37. The molecule has 0 aliphatic carbocycles. The third-order valence-electron chi connectivity index (χ3n) is 4.13. The Labute approximate surface area is 133 Å². The zero-order valence-corrected chi connectivity index (χ0v) is 12.7. The molecular weight excluding hydrogens is 302 g/mol. The van der Waals surface area contributed by atoms with Gasteiger partial charge in [-0.2, -0.15) is 0 Å². The summed E-state index contributed by atoms with van der Waals surface area (Å²) in [6, 6.07) is 5.11. The van der Waals surface area contributed by atoms with Crippen molar-refractivity contribution in [3.8, 4) is 11.5 Å². The highest BCUT2D eigenvalue weighted by Crippen LogP contribution is 2.34. The van der Waals surface area contributed by atoms with Gasteiger partial charge in [0.15, 0.2) is 11.5 Å². The van der Waals surface area contributed by atoms with Gasteiger partial charge in [-0.3, -0.25) is 9.59 Å². The van der Waals surface area contributed by atoms with Crippen molar-refractivity contribution in [3.63, 3.8) is 0 Å². The third kappa shape index (κ3) is 3.39. The predicted molar refractivity (Wildman–Crippen MR) is 79.9 cm³/mol. The summed E-state index contributed by atoms with van der Waals surface area (Å²) in [6.45, 7) is 1.68. The molecule has 0 unspecified atom stereocenters. The van der Waals surface area contributed by atoms with E-state index in [2.05, 4.69) is 5.32 Å². The fourth-order valence-corrected chi connectivity index (χ4v) is 2.96. The van der Waals surface area contributed by atoms with Crippen molar-refractivity contribution in [2.45, 2.75) is 24.8 Å². The lowest BCUT2D eigenvalue weighted by Crippen LogP contribution is -2.53. The van der Waals surface area contributed by atoms with Crippen LogP contribution in [-0.2, 0) is 9.53 Å². The van der Waals surface area contributed by atoms with Gasteiger partial charge < -0.3 is 24.6 Å². The molecular formula is C16H19NO6. The van der Waals surface area contributed by atoms with E-state index in [-0.39, 0.29) is 12.3 Å². The van der Waals surface area contributed by atoms with E-state index in [1.54, 1.807) is 18.2 Å². The number of para-hydroxylation sites is 1. The molecule has 1 fully saturated rings. The molecule has 2 N–H and O–H groups in total.